The molecule has 0 saturated carbocycles. The van der Waals surface area contributed by atoms with E-state index in [1.807, 2.05) is 29.6 Å². The minimum absolute atomic E-state index is 0.0678. The Morgan fingerprint density at radius 1 is 1.22 bits per heavy atom. The van der Waals surface area contributed by atoms with E-state index in [0.29, 0.717) is 0 Å². The number of amides is 1. The van der Waals surface area contributed by atoms with Crippen LogP contribution in [-0.4, -0.2) is 28.9 Å². The van der Waals surface area contributed by atoms with Crippen molar-refractivity contribution >= 4 is 33.9 Å². The quantitative estimate of drug-likeness (QED) is 0.340. The van der Waals surface area contributed by atoms with Crippen molar-refractivity contribution < 1.29 is 14.1 Å². The van der Waals surface area contributed by atoms with Gasteiger partial charge in [-0.05, 0) is 42.9 Å². The first-order chi connectivity index (χ1) is 15.4. The van der Waals surface area contributed by atoms with Gasteiger partial charge >= 0.3 is 5.88 Å². The molecule has 1 aliphatic heterocycles. The maximum atomic E-state index is 13.4. The third-order valence-corrected chi connectivity index (χ3v) is 6.51. The molecule has 8 nitrogen and oxygen atoms in total. The number of furan rings is 1. The Kier molecular flexibility index (Phi) is 6.55. The number of para-hydroxylation sites is 1. The third kappa shape index (κ3) is 4.67. The molecule has 3 heterocycles. The number of anilines is 2. The Hall–Kier alpha value is -3.20. The van der Waals surface area contributed by atoms with Gasteiger partial charge in [-0.15, -0.1) is 11.3 Å². The summed E-state index contributed by atoms with van der Waals surface area (Å²) in [5.41, 5.74) is 2.54. The number of carbonyl (C=O) groups excluding carboxylic acids is 1. The molecular formula is C23H26N4O4S. The lowest BCUT2D eigenvalue weighted by Crippen LogP contribution is -2.32. The van der Waals surface area contributed by atoms with Gasteiger partial charge in [-0.2, -0.15) is 0 Å². The number of carbonyl (C=O) groups is 1. The highest BCUT2D eigenvalue weighted by molar-refractivity contribution is 7.13. The standard InChI is InChI=1S/C23H26N4O4S/c1-16(2)18-8-4-5-9-19(18)26(22(28)20-10-11-21(31-20)27(29)30)14-17-15-32-23(24-17)25-12-6-3-7-13-25/h4-5,8-11,15-16H,3,6-7,12-14H2,1-2H3. The summed E-state index contributed by atoms with van der Waals surface area (Å²) >= 11 is 1.58. The maximum Gasteiger partial charge on any atom is 0.433 e. The van der Waals surface area contributed by atoms with Crippen molar-refractivity contribution in [1.29, 1.82) is 0 Å². The largest absolute Gasteiger partial charge is 0.433 e. The Morgan fingerprint density at radius 2 is 1.97 bits per heavy atom. The fourth-order valence-corrected chi connectivity index (χ4v) is 4.79. The molecule has 4 rings (SSSR count). The number of aromatic nitrogens is 1. The summed E-state index contributed by atoms with van der Waals surface area (Å²) < 4.78 is 5.23. The van der Waals surface area contributed by atoms with E-state index in [4.69, 9.17) is 9.40 Å². The van der Waals surface area contributed by atoms with Gasteiger partial charge in [0.15, 0.2) is 10.9 Å². The van der Waals surface area contributed by atoms with Crippen molar-refractivity contribution in [2.75, 3.05) is 22.9 Å². The van der Waals surface area contributed by atoms with Crippen LogP contribution in [0.5, 0.6) is 0 Å². The number of nitrogens with zero attached hydrogens (tertiary/aromatic N) is 4. The van der Waals surface area contributed by atoms with Gasteiger partial charge in [0, 0.05) is 24.2 Å². The molecule has 3 aromatic rings. The molecular weight excluding hydrogens is 428 g/mol. The zero-order chi connectivity index (χ0) is 22.7. The molecule has 32 heavy (non-hydrogen) atoms. The van der Waals surface area contributed by atoms with Crippen LogP contribution in [0.25, 0.3) is 0 Å². The van der Waals surface area contributed by atoms with Gasteiger partial charge in [-0.25, -0.2) is 4.98 Å². The predicted molar refractivity (Wildman–Crippen MR) is 125 cm³/mol. The Morgan fingerprint density at radius 3 is 2.66 bits per heavy atom. The molecule has 0 bridgehead atoms. The van der Waals surface area contributed by atoms with E-state index in [0.717, 1.165) is 35.2 Å². The summed E-state index contributed by atoms with van der Waals surface area (Å²) in [5.74, 6) is -0.765. The molecule has 9 heteroatoms. The summed E-state index contributed by atoms with van der Waals surface area (Å²) in [7, 11) is 0. The Bertz CT molecular complexity index is 1100. The second-order valence-corrected chi connectivity index (χ2v) is 9.01. The zero-order valence-electron chi connectivity index (χ0n) is 18.2. The molecule has 1 aliphatic rings. The molecule has 0 spiro atoms. The summed E-state index contributed by atoms with van der Waals surface area (Å²) in [6, 6.07) is 10.3. The van der Waals surface area contributed by atoms with Gasteiger partial charge in [0.05, 0.1) is 18.3 Å². The van der Waals surface area contributed by atoms with Crippen LogP contribution in [0.15, 0.2) is 46.2 Å². The number of rotatable bonds is 7. The second kappa shape index (κ2) is 9.52. The normalized spacial score (nSPS) is 14.0. The van der Waals surface area contributed by atoms with E-state index in [-0.39, 0.29) is 18.2 Å². The second-order valence-electron chi connectivity index (χ2n) is 8.17. The van der Waals surface area contributed by atoms with E-state index in [2.05, 4.69) is 18.7 Å². The summed E-state index contributed by atoms with van der Waals surface area (Å²) in [4.78, 5) is 32.5. The minimum Gasteiger partial charge on any atom is -0.395 e. The highest BCUT2D eigenvalue weighted by Crippen LogP contribution is 2.32. The Balaban J connectivity index is 1.67. The minimum atomic E-state index is -0.644. The lowest BCUT2D eigenvalue weighted by Gasteiger charge is -2.26. The average Bonchev–Trinajstić information content (AvgIpc) is 3.48. The molecule has 0 atom stereocenters. The van der Waals surface area contributed by atoms with Crippen molar-refractivity contribution in [3.05, 3.63) is 68.9 Å². The van der Waals surface area contributed by atoms with Crippen molar-refractivity contribution in [2.24, 2.45) is 0 Å². The van der Waals surface area contributed by atoms with E-state index in [1.54, 1.807) is 16.2 Å². The smallest absolute Gasteiger partial charge is 0.395 e. The molecule has 168 valence electrons. The molecule has 1 aromatic carbocycles. The van der Waals surface area contributed by atoms with Crippen LogP contribution in [0, 0.1) is 10.1 Å². The predicted octanol–water partition coefficient (Wildman–Crippen LogP) is 5.61. The van der Waals surface area contributed by atoms with Gasteiger partial charge in [0.1, 0.15) is 4.92 Å². The van der Waals surface area contributed by atoms with E-state index >= 15 is 0 Å². The number of thiazole rings is 1. The van der Waals surface area contributed by atoms with Gasteiger partial charge in [0.25, 0.3) is 5.91 Å². The van der Waals surface area contributed by atoms with E-state index in [9.17, 15) is 14.9 Å². The zero-order valence-corrected chi connectivity index (χ0v) is 19.0. The SMILES string of the molecule is CC(C)c1ccccc1N(Cc1csc(N2CCCCC2)n1)C(=O)c1ccc([N+](=O)[O-])o1. The van der Waals surface area contributed by atoms with E-state index < -0.39 is 16.7 Å². The van der Waals surface area contributed by atoms with Crippen molar-refractivity contribution in [2.45, 2.75) is 45.6 Å². The number of piperidine rings is 1. The molecule has 1 amide bonds. The van der Waals surface area contributed by atoms with E-state index in [1.165, 1.54) is 31.4 Å². The summed E-state index contributed by atoms with van der Waals surface area (Å²) in [5, 5.41) is 14.0. The summed E-state index contributed by atoms with van der Waals surface area (Å²) in [6.45, 7) is 6.39. The lowest BCUT2D eigenvalue weighted by molar-refractivity contribution is -0.402. The van der Waals surface area contributed by atoms with Crippen molar-refractivity contribution in [3.8, 4) is 0 Å². The fraction of sp³-hybridized carbons (Fsp3) is 0.391. The topological polar surface area (TPSA) is 92.7 Å². The maximum absolute atomic E-state index is 13.4. The van der Waals surface area contributed by atoms with Gasteiger partial charge in [-0.1, -0.05) is 32.0 Å². The molecule has 1 saturated heterocycles. The van der Waals surface area contributed by atoms with Crippen molar-refractivity contribution in [1.82, 2.24) is 4.98 Å². The van der Waals surface area contributed by atoms with Crippen molar-refractivity contribution in [3.63, 3.8) is 0 Å². The van der Waals surface area contributed by atoms with Gasteiger partial charge < -0.3 is 9.32 Å². The van der Waals surface area contributed by atoms with Crippen LogP contribution in [0.3, 0.4) is 0 Å². The number of hydrogen-bond donors (Lipinski definition) is 0. The first kappa shape index (κ1) is 22.0. The molecule has 0 N–H and O–H groups in total. The highest BCUT2D eigenvalue weighted by atomic mass is 32.1. The first-order valence-corrected chi connectivity index (χ1v) is 11.7. The molecule has 1 fully saturated rings. The average molecular weight is 455 g/mol. The van der Waals surface area contributed by atoms with Gasteiger partial charge in [0.2, 0.25) is 0 Å². The highest BCUT2D eigenvalue weighted by Gasteiger charge is 2.27. The lowest BCUT2D eigenvalue weighted by atomic mass is 10.00. The Labute approximate surface area is 190 Å². The first-order valence-electron chi connectivity index (χ1n) is 10.8. The number of nitro groups is 1. The monoisotopic (exact) mass is 454 g/mol. The van der Waals surface area contributed by atoms with Gasteiger partial charge in [-0.3, -0.25) is 19.8 Å². The molecule has 2 aromatic heterocycles. The van der Waals surface area contributed by atoms with Crippen LogP contribution in [0.4, 0.5) is 16.7 Å². The molecule has 0 unspecified atom stereocenters. The van der Waals surface area contributed by atoms with Crippen LogP contribution in [-0.2, 0) is 6.54 Å². The molecule has 0 aliphatic carbocycles. The fourth-order valence-electron chi connectivity index (χ4n) is 3.92. The van der Waals surface area contributed by atoms with Crippen LogP contribution < -0.4 is 9.80 Å². The molecule has 0 radical (unpaired) electrons. The summed E-state index contributed by atoms with van der Waals surface area (Å²) in [6.07, 6.45) is 3.58. The van der Waals surface area contributed by atoms with Crippen LogP contribution in [0.2, 0.25) is 0 Å². The number of benzene rings is 1. The van der Waals surface area contributed by atoms with Crippen LogP contribution >= 0.6 is 11.3 Å². The number of hydrogen-bond acceptors (Lipinski definition) is 7. The third-order valence-electron chi connectivity index (χ3n) is 5.56. The van der Waals surface area contributed by atoms with Crippen LogP contribution in [0.1, 0.15) is 60.8 Å².